The van der Waals surface area contributed by atoms with Crippen LogP contribution in [-0.2, 0) is 9.59 Å². The number of aryl methyl sites for hydroxylation is 1. The van der Waals surface area contributed by atoms with Crippen molar-refractivity contribution in [1.82, 2.24) is 0 Å². The Bertz CT molecular complexity index is 1400. The van der Waals surface area contributed by atoms with Gasteiger partial charge in [0.2, 0.25) is 0 Å². The normalized spacial score (nSPS) is 10.8. The van der Waals surface area contributed by atoms with E-state index in [-0.39, 0.29) is 0 Å². The van der Waals surface area contributed by atoms with Crippen LogP contribution in [-0.4, -0.2) is 11.9 Å². The molecule has 0 aliphatic rings. The molecule has 1 aromatic heterocycles. The molecule has 1 heterocycles. The summed E-state index contributed by atoms with van der Waals surface area (Å²) in [6.45, 7) is 12.4. The molecule has 0 saturated heterocycles. The summed E-state index contributed by atoms with van der Waals surface area (Å²) in [6, 6.07) is 16.7. The minimum Gasteiger partial charge on any atom is -0.456 e. The highest BCUT2D eigenvalue weighted by molar-refractivity contribution is 6.07. The molecule has 0 unspecified atom stereocenters. The second-order valence-corrected chi connectivity index (χ2v) is 7.74. The van der Waals surface area contributed by atoms with Gasteiger partial charge < -0.3 is 13.9 Å². The molecule has 4 rings (SSSR count). The van der Waals surface area contributed by atoms with E-state index in [4.69, 9.17) is 13.9 Å². The van der Waals surface area contributed by atoms with Crippen LogP contribution in [0, 0.1) is 6.92 Å². The van der Waals surface area contributed by atoms with Crippen molar-refractivity contribution in [2.75, 3.05) is 0 Å². The summed E-state index contributed by atoms with van der Waals surface area (Å²) in [5.74, 6) is -0.0642. The number of furan rings is 1. The Morgan fingerprint density at radius 1 is 0.781 bits per heavy atom. The highest BCUT2D eigenvalue weighted by Crippen LogP contribution is 2.37. The van der Waals surface area contributed by atoms with E-state index in [0.29, 0.717) is 28.2 Å². The topological polar surface area (TPSA) is 65.7 Å². The van der Waals surface area contributed by atoms with Gasteiger partial charge in [0.15, 0.2) is 0 Å². The number of benzene rings is 3. The number of rotatable bonds is 5. The van der Waals surface area contributed by atoms with Gasteiger partial charge in [0.05, 0.1) is 0 Å². The third-order valence-corrected chi connectivity index (χ3v) is 5.14. The first-order valence-corrected chi connectivity index (χ1v) is 10.1. The third kappa shape index (κ3) is 3.93. The number of carbonyl (C=O) groups excluding carboxylic acids is 2. The van der Waals surface area contributed by atoms with Crippen molar-refractivity contribution in [2.45, 2.75) is 20.8 Å². The molecule has 0 radical (unpaired) electrons. The van der Waals surface area contributed by atoms with E-state index in [2.05, 4.69) is 13.2 Å². The zero-order chi connectivity index (χ0) is 23.0. The van der Waals surface area contributed by atoms with Crippen LogP contribution >= 0.6 is 0 Å². The first kappa shape index (κ1) is 21.1. The molecule has 5 nitrogen and oxygen atoms in total. The van der Waals surface area contributed by atoms with E-state index in [1.807, 2.05) is 37.3 Å². The molecular weight excluding hydrogens is 404 g/mol. The lowest BCUT2D eigenvalue weighted by Crippen LogP contribution is -2.07. The Balaban J connectivity index is 1.69. The van der Waals surface area contributed by atoms with Crippen molar-refractivity contribution in [3.8, 4) is 22.6 Å². The van der Waals surface area contributed by atoms with Crippen LogP contribution in [0.5, 0.6) is 11.5 Å². The van der Waals surface area contributed by atoms with Crippen LogP contribution in [0.3, 0.4) is 0 Å². The lowest BCUT2D eigenvalue weighted by Gasteiger charge is -2.08. The highest BCUT2D eigenvalue weighted by Gasteiger charge is 2.15. The average molecular weight is 426 g/mol. The van der Waals surface area contributed by atoms with E-state index in [0.717, 1.165) is 33.0 Å². The number of hydrogen-bond donors (Lipinski definition) is 0. The largest absolute Gasteiger partial charge is 0.456 e. The van der Waals surface area contributed by atoms with Crippen LogP contribution in [0.15, 0.2) is 83.3 Å². The third-order valence-electron chi connectivity index (χ3n) is 5.14. The molecule has 32 heavy (non-hydrogen) atoms. The first-order valence-electron chi connectivity index (χ1n) is 10.1. The van der Waals surface area contributed by atoms with Crippen LogP contribution in [0.25, 0.3) is 33.1 Å². The van der Waals surface area contributed by atoms with Gasteiger partial charge in [-0.25, -0.2) is 9.59 Å². The molecule has 0 atom stereocenters. The lowest BCUT2D eigenvalue weighted by atomic mass is 9.98. The monoisotopic (exact) mass is 426 g/mol. The fraction of sp³-hybridized carbons (Fsp3) is 0.111. The number of carbonyl (C=O) groups is 2. The average Bonchev–Trinajstić information content (AvgIpc) is 3.13. The van der Waals surface area contributed by atoms with Gasteiger partial charge in [-0.05, 0) is 62.2 Å². The number of fused-ring (bicyclic) bond motifs is 3. The molecule has 5 heteroatoms. The summed E-state index contributed by atoms with van der Waals surface area (Å²) in [4.78, 5) is 23.5. The molecule has 4 aromatic rings. The van der Waals surface area contributed by atoms with Crippen molar-refractivity contribution in [3.05, 3.63) is 84.5 Å². The van der Waals surface area contributed by atoms with Gasteiger partial charge in [0.25, 0.3) is 0 Å². The predicted molar refractivity (Wildman–Crippen MR) is 125 cm³/mol. The lowest BCUT2D eigenvalue weighted by molar-refractivity contribution is -0.130. The molecule has 0 bridgehead atoms. The fourth-order valence-corrected chi connectivity index (χ4v) is 3.42. The van der Waals surface area contributed by atoms with Gasteiger partial charge >= 0.3 is 11.9 Å². The predicted octanol–water partition coefficient (Wildman–Crippen LogP) is 6.52. The minimum atomic E-state index is -0.476. The smallest absolute Gasteiger partial charge is 0.338 e. The van der Waals surface area contributed by atoms with Gasteiger partial charge in [0.1, 0.15) is 22.7 Å². The van der Waals surface area contributed by atoms with Crippen molar-refractivity contribution < 1.29 is 23.5 Å². The summed E-state index contributed by atoms with van der Waals surface area (Å²) in [5, 5.41) is 1.91. The van der Waals surface area contributed by atoms with Crippen LogP contribution in [0.4, 0.5) is 0 Å². The Morgan fingerprint density at radius 2 is 1.34 bits per heavy atom. The molecule has 0 aliphatic heterocycles. The molecule has 0 spiro atoms. The molecule has 160 valence electrons. The van der Waals surface area contributed by atoms with E-state index >= 15 is 0 Å². The van der Waals surface area contributed by atoms with Gasteiger partial charge in [-0.15, -0.1) is 0 Å². The summed E-state index contributed by atoms with van der Waals surface area (Å²) < 4.78 is 16.7. The first-order chi connectivity index (χ1) is 15.2. The quantitative estimate of drug-likeness (QED) is 0.206. The summed E-state index contributed by atoms with van der Waals surface area (Å²) >= 11 is 0. The van der Waals surface area contributed by atoms with Crippen LogP contribution in [0.1, 0.15) is 19.4 Å². The van der Waals surface area contributed by atoms with Crippen molar-refractivity contribution in [1.29, 1.82) is 0 Å². The van der Waals surface area contributed by atoms with Crippen molar-refractivity contribution in [3.63, 3.8) is 0 Å². The molecule has 0 N–H and O–H groups in total. The van der Waals surface area contributed by atoms with Crippen LogP contribution in [0.2, 0.25) is 0 Å². The van der Waals surface area contributed by atoms with E-state index in [1.165, 1.54) is 0 Å². The standard InChI is InChI=1S/C27H22O5/c1-15(2)26(28)30-19-8-6-18(7-9-19)21-12-13-23-22-11-10-20(31-27(29)16(3)4)14-24(22)32-25(23)17(21)5/h6-14H,1,3H2,2,4-5H3. The highest BCUT2D eigenvalue weighted by atomic mass is 16.5. The molecule has 0 fully saturated rings. The number of ether oxygens (including phenoxy) is 2. The van der Waals surface area contributed by atoms with Crippen LogP contribution < -0.4 is 9.47 Å². The van der Waals surface area contributed by atoms with Gasteiger partial charge in [-0.1, -0.05) is 31.4 Å². The Morgan fingerprint density at radius 3 is 1.97 bits per heavy atom. The fourth-order valence-electron chi connectivity index (χ4n) is 3.42. The second kappa shape index (κ2) is 8.19. The Hall–Kier alpha value is -4.12. The maximum absolute atomic E-state index is 11.8. The van der Waals surface area contributed by atoms with E-state index in [1.54, 1.807) is 38.1 Å². The van der Waals surface area contributed by atoms with Gasteiger partial charge in [-0.3, -0.25) is 0 Å². The minimum absolute atomic E-state index is 0.329. The number of esters is 2. The maximum atomic E-state index is 11.8. The maximum Gasteiger partial charge on any atom is 0.338 e. The summed E-state index contributed by atoms with van der Waals surface area (Å²) in [6.07, 6.45) is 0. The van der Waals surface area contributed by atoms with Crippen molar-refractivity contribution >= 4 is 33.9 Å². The van der Waals surface area contributed by atoms with E-state index in [9.17, 15) is 9.59 Å². The number of hydrogen-bond acceptors (Lipinski definition) is 5. The summed E-state index contributed by atoms with van der Waals surface area (Å²) in [5.41, 5.74) is 5.02. The van der Waals surface area contributed by atoms with Crippen molar-refractivity contribution in [2.24, 2.45) is 0 Å². The Kier molecular flexibility index (Phi) is 5.41. The summed E-state index contributed by atoms with van der Waals surface area (Å²) in [7, 11) is 0. The molecule has 0 aliphatic carbocycles. The molecular formula is C27H22O5. The Labute approximate surface area is 185 Å². The van der Waals surface area contributed by atoms with E-state index < -0.39 is 11.9 Å². The second-order valence-electron chi connectivity index (χ2n) is 7.74. The molecule has 3 aromatic carbocycles. The molecule has 0 amide bonds. The van der Waals surface area contributed by atoms with Gasteiger partial charge in [-0.2, -0.15) is 0 Å². The SMILES string of the molecule is C=C(C)C(=O)Oc1ccc(-c2ccc3c(oc4cc(OC(=O)C(=C)C)ccc43)c2C)cc1. The zero-order valence-electron chi connectivity index (χ0n) is 18.2. The molecule has 0 saturated carbocycles. The zero-order valence-corrected chi connectivity index (χ0v) is 18.2. The van der Waals surface area contributed by atoms with Gasteiger partial charge in [0, 0.05) is 33.5 Å².